The number of ether oxygens (including phenoxy) is 3. The third-order valence-corrected chi connectivity index (χ3v) is 4.50. The Bertz CT molecular complexity index is 999. The van der Waals surface area contributed by atoms with E-state index in [0.717, 1.165) is 22.0 Å². The molecule has 3 N–H and O–H groups in total. The van der Waals surface area contributed by atoms with Gasteiger partial charge < -0.3 is 29.6 Å². The van der Waals surface area contributed by atoms with Crippen molar-refractivity contribution < 1.29 is 28.9 Å². The van der Waals surface area contributed by atoms with Crippen molar-refractivity contribution in [2.75, 3.05) is 14.2 Å². The molecule has 0 bridgehead atoms. The first-order valence-electron chi connectivity index (χ1n) is 8.93. The van der Waals surface area contributed by atoms with Crippen LogP contribution < -0.4 is 14.8 Å². The van der Waals surface area contributed by atoms with Crippen molar-refractivity contribution in [2.45, 2.75) is 19.1 Å². The second kappa shape index (κ2) is 9.01. The second-order valence-electron chi connectivity index (χ2n) is 6.37. The lowest BCUT2D eigenvalue weighted by atomic mass is 10.0. The van der Waals surface area contributed by atoms with Gasteiger partial charge in [-0.2, -0.15) is 0 Å². The number of methoxy groups -OCH3 is 2. The molecule has 152 valence electrons. The van der Waals surface area contributed by atoms with E-state index in [2.05, 4.69) is 10.3 Å². The quantitative estimate of drug-likeness (QED) is 0.538. The molecule has 29 heavy (non-hydrogen) atoms. The number of H-pyrrole nitrogens is 1. The van der Waals surface area contributed by atoms with Crippen LogP contribution in [0.2, 0.25) is 0 Å². The minimum Gasteiger partial charge on any atom is -0.493 e. The van der Waals surface area contributed by atoms with E-state index >= 15 is 0 Å². The number of carbonyl (C=O) groups excluding carboxylic acids is 1. The van der Waals surface area contributed by atoms with Crippen molar-refractivity contribution >= 4 is 23.0 Å². The van der Waals surface area contributed by atoms with Gasteiger partial charge in [0.15, 0.2) is 11.5 Å². The summed E-state index contributed by atoms with van der Waals surface area (Å²) in [6, 6.07) is 11.5. The van der Waals surface area contributed by atoms with E-state index in [9.17, 15) is 14.7 Å². The number of hydrogen-bond donors (Lipinski definition) is 3. The van der Waals surface area contributed by atoms with Crippen molar-refractivity contribution in [3.63, 3.8) is 0 Å². The topological polar surface area (TPSA) is 110 Å². The number of carboxylic acids is 1. The molecule has 3 aromatic rings. The van der Waals surface area contributed by atoms with Crippen LogP contribution in [0.25, 0.3) is 10.9 Å². The molecule has 0 aliphatic carbocycles. The van der Waals surface area contributed by atoms with Crippen molar-refractivity contribution in [1.29, 1.82) is 0 Å². The predicted molar refractivity (Wildman–Crippen MR) is 106 cm³/mol. The summed E-state index contributed by atoms with van der Waals surface area (Å²) in [6.07, 6.45) is 0.988. The number of carboxylic acid groups (broad SMARTS) is 1. The number of nitrogens with one attached hydrogen (secondary N) is 2. The van der Waals surface area contributed by atoms with Crippen LogP contribution >= 0.6 is 0 Å². The summed E-state index contributed by atoms with van der Waals surface area (Å²) >= 11 is 0. The number of benzene rings is 2. The number of aromatic nitrogens is 1. The first-order valence-corrected chi connectivity index (χ1v) is 8.93. The zero-order valence-electron chi connectivity index (χ0n) is 16.1. The second-order valence-corrected chi connectivity index (χ2v) is 6.37. The van der Waals surface area contributed by atoms with Crippen molar-refractivity contribution in [1.82, 2.24) is 10.3 Å². The van der Waals surface area contributed by atoms with E-state index in [0.29, 0.717) is 11.5 Å². The molecular weight excluding hydrogens is 376 g/mol. The molecule has 0 spiro atoms. The monoisotopic (exact) mass is 398 g/mol. The van der Waals surface area contributed by atoms with Crippen LogP contribution in [0, 0.1) is 0 Å². The molecule has 1 aromatic heterocycles. The largest absolute Gasteiger partial charge is 0.493 e. The molecule has 3 rings (SSSR count). The molecule has 2 aromatic carbocycles. The predicted octanol–water partition coefficient (Wildman–Crippen LogP) is 3.11. The third kappa shape index (κ3) is 4.78. The van der Waals surface area contributed by atoms with Crippen LogP contribution in [-0.2, 0) is 22.6 Å². The average molecular weight is 398 g/mol. The molecule has 0 radical (unpaired) electrons. The van der Waals surface area contributed by atoms with Crippen molar-refractivity contribution in [3.05, 3.63) is 59.8 Å². The van der Waals surface area contributed by atoms with Crippen LogP contribution in [0.3, 0.4) is 0 Å². The number of carbonyl (C=O) groups is 2. The van der Waals surface area contributed by atoms with Crippen LogP contribution in [0.4, 0.5) is 4.79 Å². The fraction of sp³-hybridized carbons (Fsp3) is 0.238. The number of alkyl carbamates (subject to hydrolysis) is 1. The third-order valence-electron chi connectivity index (χ3n) is 4.50. The Morgan fingerprint density at radius 3 is 2.45 bits per heavy atom. The lowest BCUT2D eigenvalue weighted by Crippen LogP contribution is -2.42. The van der Waals surface area contributed by atoms with Gasteiger partial charge in [0, 0.05) is 29.6 Å². The highest BCUT2D eigenvalue weighted by atomic mass is 16.5. The van der Waals surface area contributed by atoms with Gasteiger partial charge in [0.05, 0.1) is 14.2 Å². The Morgan fingerprint density at radius 1 is 1.10 bits per heavy atom. The molecular formula is C21H22N2O6. The number of aliphatic carboxylic acids is 1. The van der Waals surface area contributed by atoms with Gasteiger partial charge in [0.2, 0.25) is 0 Å². The zero-order chi connectivity index (χ0) is 20.8. The van der Waals surface area contributed by atoms with E-state index in [1.54, 1.807) is 25.4 Å². The summed E-state index contributed by atoms with van der Waals surface area (Å²) in [7, 11) is 3.07. The summed E-state index contributed by atoms with van der Waals surface area (Å²) in [5.41, 5.74) is 2.30. The molecule has 1 heterocycles. The van der Waals surface area contributed by atoms with E-state index in [-0.39, 0.29) is 13.0 Å². The molecule has 0 aliphatic rings. The van der Waals surface area contributed by atoms with Gasteiger partial charge in [-0.1, -0.05) is 30.3 Å². The molecule has 1 unspecified atom stereocenters. The lowest BCUT2D eigenvalue weighted by molar-refractivity contribution is -0.139. The molecule has 0 fully saturated rings. The molecule has 1 atom stereocenters. The molecule has 8 nitrogen and oxygen atoms in total. The van der Waals surface area contributed by atoms with Crippen molar-refractivity contribution in [3.8, 4) is 11.5 Å². The minimum atomic E-state index is -1.16. The Morgan fingerprint density at radius 2 is 1.79 bits per heavy atom. The standard InChI is InChI=1S/C21H22N2O6/c1-27-18-9-15-14(11-22-16(15)10-19(18)28-2)8-17(20(24)25)23-21(26)29-12-13-6-4-3-5-7-13/h3-7,9-11,17,22H,8,12H2,1-2H3,(H,23,26)(H,24,25). The van der Waals surface area contributed by atoms with E-state index in [1.165, 1.54) is 7.11 Å². The minimum absolute atomic E-state index is 0.0586. The normalized spacial score (nSPS) is 11.7. The van der Waals surface area contributed by atoms with Gasteiger partial charge in [0.25, 0.3) is 0 Å². The highest BCUT2D eigenvalue weighted by Crippen LogP contribution is 2.33. The van der Waals surface area contributed by atoms with E-state index in [1.807, 2.05) is 30.3 Å². The van der Waals surface area contributed by atoms with Crippen LogP contribution in [0.5, 0.6) is 11.5 Å². The summed E-state index contributed by atoms with van der Waals surface area (Å²) in [5, 5.41) is 12.7. The van der Waals surface area contributed by atoms with Gasteiger partial charge in [-0.25, -0.2) is 9.59 Å². The van der Waals surface area contributed by atoms with Gasteiger partial charge >= 0.3 is 12.1 Å². The van der Waals surface area contributed by atoms with Crippen LogP contribution in [0.1, 0.15) is 11.1 Å². The fourth-order valence-electron chi connectivity index (χ4n) is 3.00. The maximum atomic E-state index is 12.1. The lowest BCUT2D eigenvalue weighted by Gasteiger charge is -2.15. The van der Waals surface area contributed by atoms with E-state index in [4.69, 9.17) is 14.2 Å². The number of aromatic amines is 1. The zero-order valence-corrected chi connectivity index (χ0v) is 16.1. The van der Waals surface area contributed by atoms with Gasteiger partial charge in [-0.3, -0.25) is 0 Å². The van der Waals surface area contributed by atoms with Crippen LogP contribution in [0.15, 0.2) is 48.7 Å². The molecule has 8 heteroatoms. The Balaban J connectivity index is 1.71. The van der Waals surface area contributed by atoms with Crippen LogP contribution in [-0.4, -0.2) is 42.4 Å². The first-order chi connectivity index (χ1) is 14.0. The molecule has 0 saturated carbocycles. The van der Waals surface area contributed by atoms with Gasteiger partial charge in [0.1, 0.15) is 12.6 Å². The smallest absolute Gasteiger partial charge is 0.408 e. The number of rotatable bonds is 8. The van der Waals surface area contributed by atoms with Gasteiger partial charge in [-0.05, 0) is 17.2 Å². The molecule has 1 amide bonds. The molecule has 0 saturated heterocycles. The SMILES string of the molecule is COc1cc2[nH]cc(CC(NC(=O)OCc3ccccc3)C(=O)O)c2cc1OC. The average Bonchev–Trinajstić information content (AvgIpc) is 3.12. The first kappa shape index (κ1) is 20.1. The summed E-state index contributed by atoms with van der Waals surface area (Å²) in [4.78, 5) is 26.8. The molecule has 0 aliphatic heterocycles. The van der Waals surface area contributed by atoms with Gasteiger partial charge in [-0.15, -0.1) is 0 Å². The van der Waals surface area contributed by atoms with E-state index < -0.39 is 18.1 Å². The maximum absolute atomic E-state index is 12.1. The maximum Gasteiger partial charge on any atom is 0.408 e. The number of amides is 1. The van der Waals surface area contributed by atoms with Crippen molar-refractivity contribution in [2.24, 2.45) is 0 Å². The number of fused-ring (bicyclic) bond motifs is 1. The Labute approximate surface area is 167 Å². The summed E-state index contributed by atoms with van der Waals surface area (Å²) < 4.78 is 15.7. The number of hydrogen-bond acceptors (Lipinski definition) is 5. The highest BCUT2D eigenvalue weighted by Gasteiger charge is 2.23. The Hall–Kier alpha value is -3.68. The highest BCUT2D eigenvalue weighted by molar-refractivity contribution is 5.88. The summed E-state index contributed by atoms with van der Waals surface area (Å²) in [5.74, 6) is -0.0646. The fourth-order valence-corrected chi connectivity index (χ4v) is 3.00. The summed E-state index contributed by atoms with van der Waals surface area (Å²) in [6.45, 7) is 0.0586. The Kier molecular flexibility index (Phi) is 6.23.